The average molecular weight is 234 g/mol. The molecule has 0 unspecified atom stereocenters. The molecule has 0 spiro atoms. The van der Waals surface area contributed by atoms with E-state index in [-0.39, 0.29) is 0 Å². The van der Waals surface area contributed by atoms with Gasteiger partial charge in [0.25, 0.3) is 0 Å². The Hall–Kier alpha value is -1.62. The Labute approximate surface area is 101 Å². The lowest BCUT2D eigenvalue weighted by Gasteiger charge is -2.05. The summed E-state index contributed by atoms with van der Waals surface area (Å²) in [5.41, 5.74) is 0.889. The number of rotatable bonds is 6. The monoisotopic (exact) mass is 234 g/mol. The van der Waals surface area contributed by atoms with Gasteiger partial charge in [-0.1, -0.05) is 19.0 Å². The summed E-state index contributed by atoms with van der Waals surface area (Å²) in [5.74, 6) is 1.32. The molecule has 17 heavy (non-hydrogen) atoms. The highest BCUT2D eigenvalue weighted by atomic mass is 16.5. The third-order valence-electron chi connectivity index (χ3n) is 2.43. The van der Waals surface area contributed by atoms with Crippen molar-refractivity contribution in [3.05, 3.63) is 24.2 Å². The van der Waals surface area contributed by atoms with Crippen molar-refractivity contribution in [1.29, 1.82) is 0 Å². The summed E-state index contributed by atoms with van der Waals surface area (Å²) >= 11 is 0. The first kappa shape index (κ1) is 11.9. The van der Waals surface area contributed by atoms with Crippen molar-refractivity contribution in [3.8, 4) is 11.5 Å². The molecule has 2 heterocycles. The van der Waals surface area contributed by atoms with E-state index in [4.69, 9.17) is 4.52 Å². The van der Waals surface area contributed by atoms with Crippen LogP contribution in [-0.4, -0.2) is 27.7 Å². The van der Waals surface area contributed by atoms with Crippen molar-refractivity contribution in [1.82, 2.24) is 20.4 Å². The summed E-state index contributed by atoms with van der Waals surface area (Å²) in [6.45, 7) is 5.24. The van der Waals surface area contributed by atoms with Gasteiger partial charge < -0.3 is 14.8 Å². The standard InChI is InChI=1S/C12H18N4O/c1-9(2)13-7-4-6-11-15-12(16-17-11)10-5-3-8-14-10/h3,5,8-9,13-14H,4,6-7H2,1-2H3. The lowest BCUT2D eigenvalue weighted by atomic mass is 10.3. The molecule has 0 saturated heterocycles. The molecule has 2 rings (SSSR count). The summed E-state index contributed by atoms with van der Waals surface area (Å²) < 4.78 is 5.19. The fraction of sp³-hybridized carbons (Fsp3) is 0.500. The molecule has 0 atom stereocenters. The Morgan fingerprint density at radius 1 is 1.47 bits per heavy atom. The third kappa shape index (κ3) is 3.42. The summed E-state index contributed by atoms with van der Waals surface area (Å²) in [4.78, 5) is 7.38. The number of aromatic nitrogens is 3. The molecule has 2 N–H and O–H groups in total. The van der Waals surface area contributed by atoms with Crippen LogP contribution in [0.25, 0.3) is 11.5 Å². The van der Waals surface area contributed by atoms with Gasteiger partial charge in [0, 0.05) is 18.7 Å². The molecule has 2 aromatic heterocycles. The summed E-state index contributed by atoms with van der Waals surface area (Å²) in [6.07, 6.45) is 3.66. The van der Waals surface area contributed by atoms with E-state index in [1.165, 1.54) is 0 Å². The number of nitrogens with zero attached hydrogens (tertiary/aromatic N) is 2. The second kappa shape index (κ2) is 5.63. The van der Waals surface area contributed by atoms with Gasteiger partial charge in [-0.3, -0.25) is 0 Å². The quantitative estimate of drug-likeness (QED) is 0.750. The molecule has 0 aromatic carbocycles. The van der Waals surface area contributed by atoms with E-state index >= 15 is 0 Å². The van der Waals surface area contributed by atoms with E-state index in [1.54, 1.807) is 0 Å². The number of aromatic amines is 1. The second-order valence-electron chi connectivity index (χ2n) is 4.31. The zero-order valence-electron chi connectivity index (χ0n) is 10.2. The molecule has 92 valence electrons. The zero-order valence-corrected chi connectivity index (χ0v) is 10.2. The van der Waals surface area contributed by atoms with Crippen LogP contribution in [0.5, 0.6) is 0 Å². The molecule has 0 saturated carbocycles. The van der Waals surface area contributed by atoms with Crippen LogP contribution in [0, 0.1) is 0 Å². The molecule has 5 nitrogen and oxygen atoms in total. The van der Waals surface area contributed by atoms with Gasteiger partial charge in [0.2, 0.25) is 11.7 Å². The van der Waals surface area contributed by atoms with Crippen LogP contribution in [0.3, 0.4) is 0 Å². The minimum Gasteiger partial charge on any atom is -0.359 e. The molecule has 0 radical (unpaired) electrons. The Morgan fingerprint density at radius 3 is 3.06 bits per heavy atom. The normalized spacial score (nSPS) is 11.2. The highest BCUT2D eigenvalue weighted by Crippen LogP contribution is 2.13. The Balaban J connectivity index is 1.83. The molecular weight excluding hydrogens is 216 g/mol. The highest BCUT2D eigenvalue weighted by molar-refractivity contribution is 5.47. The van der Waals surface area contributed by atoms with Crippen LogP contribution in [0.4, 0.5) is 0 Å². The maximum atomic E-state index is 5.19. The van der Waals surface area contributed by atoms with Crippen LogP contribution in [0.1, 0.15) is 26.2 Å². The van der Waals surface area contributed by atoms with Gasteiger partial charge in [-0.25, -0.2) is 0 Å². The van der Waals surface area contributed by atoms with Crippen molar-refractivity contribution in [2.24, 2.45) is 0 Å². The van der Waals surface area contributed by atoms with Crippen molar-refractivity contribution >= 4 is 0 Å². The number of aryl methyl sites for hydroxylation is 1. The average Bonchev–Trinajstić information content (AvgIpc) is 2.94. The Morgan fingerprint density at radius 2 is 2.35 bits per heavy atom. The van der Waals surface area contributed by atoms with Crippen LogP contribution >= 0.6 is 0 Å². The van der Waals surface area contributed by atoms with Crippen LogP contribution < -0.4 is 5.32 Å². The topological polar surface area (TPSA) is 66.7 Å². The van der Waals surface area contributed by atoms with Crippen molar-refractivity contribution in [2.45, 2.75) is 32.7 Å². The van der Waals surface area contributed by atoms with Crippen LogP contribution in [0.15, 0.2) is 22.9 Å². The largest absolute Gasteiger partial charge is 0.359 e. The van der Waals surface area contributed by atoms with E-state index in [0.717, 1.165) is 25.1 Å². The van der Waals surface area contributed by atoms with Gasteiger partial charge in [0.15, 0.2) is 0 Å². The predicted octanol–water partition coefficient (Wildman–Crippen LogP) is 2.00. The minimum absolute atomic E-state index is 0.521. The van der Waals surface area contributed by atoms with E-state index in [2.05, 4.69) is 34.3 Å². The molecule has 0 amide bonds. The highest BCUT2D eigenvalue weighted by Gasteiger charge is 2.08. The van der Waals surface area contributed by atoms with E-state index in [9.17, 15) is 0 Å². The molecule has 2 aromatic rings. The fourth-order valence-corrected chi connectivity index (χ4v) is 1.57. The Kier molecular flexibility index (Phi) is 3.93. The summed E-state index contributed by atoms with van der Waals surface area (Å²) in [5, 5.41) is 7.29. The minimum atomic E-state index is 0.521. The first-order valence-corrected chi connectivity index (χ1v) is 5.95. The molecule has 0 aliphatic carbocycles. The smallest absolute Gasteiger partial charge is 0.227 e. The van der Waals surface area contributed by atoms with E-state index < -0.39 is 0 Å². The van der Waals surface area contributed by atoms with Crippen molar-refractivity contribution in [2.75, 3.05) is 6.54 Å². The molecule has 5 heteroatoms. The van der Waals surface area contributed by atoms with Gasteiger partial charge in [-0.05, 0) is 25.1 Å². The molecule has 0 fully saturated rings. The number of nitrogens with one attached hydrogen (secondary N) is 2. The molecular formula is C12H18N4O. The van der Waals surface area contributed by atoms with Crippen molar-refractivity contribution < 1.29 is 4.52 Å². The number of hydrogen-bond acceptors (Lipinski definition) is 4. The van der Waals surface area contributed by atoms with Gasteiger partial charge in [0.05, 0.1) is 5.69 Å². The van der Waals surface area contributed by atoms with E-state index in [1.807, 2.05) is 18.3 Å². The van der Waals surface area contributed by atoms with Gasteiger partial charge in [-0.15, -0.1) is 0 Å². The van der Waals surface area contributed by atoms with Crippen LogP contribution in [0.2, 0.25) is 0 Å². The fourth-order valence-electron chi connectivity index (χ4n) is 1.57. The van der Waals surface area contributed by atoms with Crippen LogP contribution in [-0.2, 0) is 6.42 Å². The first-order chi connectivity index (χ1) is 8.25. The molecule has 0 bridgehead atoms. The Bertz CT molecular complexity index is 433. The van der Waals surface area contributed by atoms with Crippen molar-refractivity contribution in [3.63, 3.8) is 0 Å². The van der Waals surface area contributed by atoms with Gasteiger partial charge >= 0.3 is 0 Å². The maximum absolute atomic E-state index is 5.19. The van der Waals surface area contributed by atoms with Gasteiger partial charge in [0.1, 0.15) is 0 Å². The maximum Gasteiger partial charge on any atom is 0.227 e. The summed E-state index contributed by atoms with van der Waals surface area (Å²) in [6, 6.07) is 4.36. The summed E-state index contributed by atoms with van der Waals surface area (Å²) in [7, 11) is 0. The molecule has 0 aliphatic rings. The van der Waals surface area contributed by atoms with E-state index in [0.29, 0.717) is 17.8 Å². The second-order valence-corrected chi connectivity index (χ2v) is 4.31. The lowest BCUT2D eigenvalue weighted by Crippen LogP contribution is -2.23. The zero-order chi connectivity index (χ0) is 12.1. The predicted molar refractivity (Wildman–Crippen MR) is 65.5 cm³/mol. The SMILES string of the molecule is CC(C)NCCCc1nc(-c2ccc[nH]2)no1. The molecule has 0 aliphatic heterocycles. The third-order valence-corrected chi connectivity index (χ3v) is 2.43. The lowest BCUT2D eigenvalue weighted by molar-refractivity contribution is 0.374. The first-order valence-electron chi connectivity index (χ1n) is 5.95. The number of H-pyrrole nitrogens is 1. The number of hydrogen-bond donors (Lipinski definition) is 2. The van der Waals surface area contributed by atoms with Gasteiger partial charge in [-0.2, -0.15) is 4.98 Å².